The molecule has 1 fully saturated rings. The summed E-state index contributed by atoms with van der Waals surface area (Å²) in [4.78, 5) is 6.91. The van der Waals surface area contributed by atoms with Crippen molar-refractivity contribution in [1.29, 1.82) is 0 Å². The van der Waals surface area contributed by atoms with E-state index >= 15 is 0 Å². The van der Waals surface area contributed by atoms with Crippen molar-refractivity contribution in [3.05, 3.63) is 72.1 Å². The topological polar surface area (TPSA) is 76.5 Å². The molecule has 0 saturated carbocycles. The number of allylic oxidation sites excluding steroid dienone is 1. The van der Waals surface area contributed by atoms with E-state index in [4.69, 9.17) is 4.74 Å². The third-order valence-electron chi connectivity index (χ3n) is 7.44. The van der Waals surface area contributed by atoms with Gasteiger partial charge in [0.2, 0.25) is 10.0 Å². The van der Waals surface area contributed by atoms with Crippen LogP contribution >= 0.6 is 0 Å². The van der Waals surface area contributed by atoms with Gasteiger partial charge >= 0.3 is 0 Å². The van der Waals surface area contributed by atoms with Gasteiger partial charge in [-0.25, -0.2) is 18.1 Å². The number of hydrogen-bond acceptors (Lipinski definition) is 5. The van der Waals surface area contributed by atoms with Crippen molar-refractivity contribution in [2.75, 3.05) is 26.0 Å². The van der Waals surface area contributed by atoms with Crippen molar-refractivity contribution >= 4 is 26.6 Å². The van der Waals surface area contributed by atoms with Gasteiger partial charge in [0.15, 0.2) is 0 Å². The van der Waals surface area contributed by atoms with Crippen LogP contribution in [0.3, 0.4) is 0 Å². The molecule has 1 N–H and O–H groups in total. The average Bonchev–Trinajstić information content (AvgIpc) is 3.24. The summed E-state index contributed by atoms with van der Waals surface area (Å²) in [5.74, 6) is 0.120. The van der Waals surface area contributed by atoms with Crippen molar-refractivity contribution < 1.29 is 13.2 Å². The standard InChI is InChI=1S/C28H36N4O3S/c1-31-20-29-27-16-23(10-13-28(27)31)22-8-11-25(12-9-22)35-19-24-18-32(17-21-6-4-3-5-7-21)15-14-26(24)30-36(2,33)34/h3-8,10,13,16,20,24-26,30H,9,11-12,14-15,17-19H2,1-2H3/t24-,25?,26-/m0/s1. The molecule has 2 aromatic carbocycles. The molecular formula is C28H36N4O3S. The third kappa shape index (κ3) is 6.24. The largest absolute Gasteiger partial charge is 0.377 e. The van der Waals surface area contributed by atoms with Gasteiger partial charge in [-0.2, -0.15) is 0 Å². The Hall–Kier alpha value is -2.52. The molecule has 2 aliphatic rings. The number of sulfonamides is 1. The predicted octanol–water partition coefficient (Wildman–Crippen LogP) is 3.97. The SMILES string of the molecule is Cn1cnc2cc(C3=CCC(OC[C@@H]4CN(Cc5ccccc5)CC[C@@H]4NS(C)(=O)=O)CC3)ccc21. The van der Waals surface area contributed by atoms with E-state index in [0.717, 1.165) is 56.4 Å². The lowest BCUT2D eigenvalue weighted by atomic mass is 9.91. The zero-order valence-corrected chi connectivity index (χ0v) is 22.0. The number of fused-ring (bicyclic) bond motifs is 1. The maximum atomic E-state index is 12.0. The Morgan fingerprint density at radius 2 is 1.97 bits per heavy atom. The van der Waals surface area contributed by atoms with E-state index in [1.807, 2.05) is 24.0 Å². The molecule has 0 radical (unpaired) electrons. The average molecular weight is 509 g/mol. The van der Waals surface area contributed by atoms with E-state index in [1.165, 1.54) is 23.0 Å². The maximum Gasteiger partial charge on any atom is 0.208 e. The zero-order valence-electron chi connectivity index (χ0n) is 21.1. The minimum atomic E-state index is -3.27. The van der Waals surface area contributed by atoms with Crippen LogP contribution in [0.5, 0.6) is 0 Å². The Morgan fingerprint density at radius 3 is 2.72 bits per heavy atom. The van der Waals surface area contributed by atoms with Gasteiger partial charge in [0.05, 0.1) is 36.3 Å². The molecule has 1 aliphatic carbocycles. The summed E-state index contributed by atoms with van der Waals surface area (Å²) in [5, 5.41) is 0. The summed E-state index contributed by atoms with van der Waals surface area (Å²) >= 11 is 0. The van der Waals surface area contributed by atoms with Gasteiger partial charge in [0.25, 0.3) is 0 Å². The van der Waals surface area contributed by atoms with Crippen LogP contribution in [0, 0.1) is 5.92 Å². The molecule has 1 aliphatic heterocycles. The number of aryl methyl sites for hydroxylation is 1. The lowest BCUT2D eigenvalue weighted by molar-refractivity contribution is -0.00338. The van der Waals surface area contributed by atoms with Gasteiger partial charge in [-0.15, -0.1) is 0 Å². The van der Waals surface area contributed by atoms with Crippen molar-refractivity contribution in [2.24, 2.45) is 13.0 Å². The molecule has 7 nitrogen and oxygen atoms in total. The molecule has 0 amide bonds. The zero-order chi connectivity index (χ0) is 25.1. The summed E-state index contributed by atoms with van der Waals surface area (Å²) in [6, 6.07) is 16.8. The highest BCUT2D eigenvalue weighted by Gasteiger charge is 2.32. The van der Waals surface area contributed by atoms with Crippen molar-refractivity contribution in [3.8, 4) is 0 Å². The highest BCUT2D eigenvalue weighted by atomic mass is 32.2. The van der Waals surface area contributed by atoms with Gasteiger partial charge < -0.3 is 9.30 Å². The monoisotopic (exact) mass is 508 g/mol. The fourth-order valence-electron chi connectivity index (χ4n) is 5.51. The first-order valence-electron chi connectivity index (χ1n) is 12.8. The smallest absolute Gasteiger partial charge is 0.208 e. The number of aromatic nitrogens is 2. The molecule has 1 saturated heterocycles. The first-order chi connectivity index (χ1) is 17.3. The number of likely N-dealkylation sites (tertiary alicyclic amines) is 1. The normalized spacial score (nSPS) is 23.6. The minimum absolute atomic E-state index is 0.0909. The van der Waals surface area contributed by atoms with E-state index < -0.39 is 10.0 Å². The second-order valence-electron chi connectivity index (χ2n) is 10.3. The fraction of sp³-hybridized carbons (Fsp3) is 0.464. The minimum Gasteiger partial charge on any atom is -0.377 e. The molecule has 1 aromatic heterocycles. The number of benzene rings is 2. The summed E-state index contributed by atoms with van der Waals surface area (Å²) in [6.45, 7) is 3.12. The summed E-state index contributed by atoms with van der Waals surface area (Å²) in [6.07, 6.45) is 9.17. The van der Waals surface area contributed by atoms with Gasteiger partial charge in [-0.3, -0.25) is 4.90 Å². The van der Waals surface area contributed by atoms with Crippen LogP contribution in [-0.2, 0) is 28.4 Å². The second kappa shape index (κ2) is 10.8. The van der Waals surface area contributed by atoms with E-state index in [-0.39, 0.29) is 18.1 Å². The molecule has 192 valence electrons. The number of ether oxygens (including phenoxy) is 1. The molecule has 3 atom stereocenters. The summed E-state index contributed by atoms with van der Waals surface area (Å²) in [7, 11) is -1.25. The first-order valence-corrected chi connectivity index (χ1v) is 14.7. The molecule has 0 bridgehead atoms. The second-order valence-corrected chi connectivity index (χ2v) is 12.1. The number of nitrogens with zero attached hydrogens (tertiary/aromatic N) is 3. The Kier molecular flexibility index (Phi) is 7.57. The van der Waals surface area contributed by atoms with Crippen LogP contribution in [-0.4, -0.2) is 61.0 Å². The van der Waals surface area contributed by atoms with Crippen molar-refractivity contribution in [2.45, 2.75) is 44.4 Å². The van der Waals surface area contributed by atoms with Gasteiger partial charge in [-0.05, 0) is 54.5 Å². The Bertz CT molecular complexity index is 1320. The number of rotatable bonds is 8. The third-order valence-corrected chi connectivity index (χ3v) is 8.17. The van der Waals surface area contributed by atoms with Gasteiger partial charge in [0.1, 0.15) is 0 Å². The molecular weight excluding hydrogens is 472 g/mol. The number of nitrogens with one attached hydrogen (secondary N) is 1. The summed E-state index contributed by atoms with van der Waals surface area (Å²) < 4.78 is 35.3. The van der Waals surface area contributed by atoms with Crippen LogP contribution in [0.1, 0.15) is 36.8 Å². The predicted molar refractivity (Wildman–Crippen MR) is 144 cm³/mol. The molecule has 2 heterocycles. The van der Waals surface area contributed by atoms with E-state index in [1.54, 1.807) is 0 Å². The molecule has 8 heteroatoms. The number of hydrogen-bond donors (Lipinski definition) is 1. The number of imidazole rings is 1. The molecule has 0 spiro atoms. The van der Waals surface area contributed by atoms with Gasteiger partial charge in [-0.1, -0.05) is 42.5 Å². The molecule has 1 unspecified atom stereocenters. The van der Waals surface area contributed by atoms with Crippen LogP contribution in [0.4, 0.5) is 0 Å². The summed E-state index contributed by atoms with van der Waals surface area (Å²) in [5.41, 5.74) is 6.03. The van der Waals surface area contributed by atoms with Crippen LogP contribution in [0.25, 0.3) is 16.6 Å². The van der Waals surface area contributed by atoms with Gasteiger partial charge in [0, 0.05) is 38.6 Å². The highest BCUT2D eigenvalue weighted by Crippen LogP contribution is 2.31. The Labute approximate surface area is 214 Å². The van der Waals surface area contributed by atoms with Crippen LogP contribution in [0.15, 0.2) is 60.9 Å². The molecule has 3 aromatic rings. The maximum absolute atomic E-state index is 12.0. The van der Waals surface area contributed by atoms with Crippen molar-refractivity contribution in [3.63, 3.8) is 0 Å². The number of piperidine rings is 1. The highest BCUT2D eigenvalue weighted by molar-refractivity contribution is 7.88. The molecule has 5 rings (SSSR count). The van der Waals surface area contributed by atoms with Crippen LogP contribution < -0.4 is 4.72 Å². The fourth-order valence-corrected chi connectivity index (χ4v) is 6.37. The lowest BCUT2D eigenvalue weighted by Crippen LogP contribution is -2.52. The van der Waals surface area contributed by atoms with Crippen molar-refractivity contribution in [1.82, 2.24) is 19.2 Å². The van der Waals surface area contributed by atoms with E-state index in [2.05, 4.69) is 63.1 Å². The lowest BCUT2D eigenvalue weighted by Gasteiger charge is -2.39. The Balaban J connectivity index is 1.20. The Morgan fingerprint density at radius 1 is 1.14 bits per heavy atom. The molecule has 36 heavy (non-hydrogen) atoms. The van der Waals surface area contributed by atoms with E-state index in [0.29, 0.717) is 6.61 Å². The quantitative estimate of drug-likeness (QED) is 0.498. The first kappa shape index (κ1) is 25.1. The van der Waals surface area contributed by atoms with Crippen LogP contribution in [0.2, 0.25) is 0 Å². The van der Waals surface area contributed by atoms with E-state index in [9.17, 15) is 8.42 Å².